The number of imidazole rings is 1. The zero-order chi connectivity index (χ0) is 17.8. The molecule has 0 bridgehead atoms. The van der Waals surface area contributed by atoms with Gasteiger partial charge in [0.05, 0.1) is 18.5 Å². The highest BCUT2D eigenvalue weighted by Gasteiger charge is 2.11. The molecule has 0 fully saturated rings. The number of aryl methyl sites for hydroxylation is 2. The maximum absolute atomic E-state index is 9.63. The summed E-state index contributed by atoms with van der Waals surface area (Å²) in [5.41, 5.74) is 5.82. The molecule has 3 rings (SSSR count). The molecule has 3 aromatic rings. The number of aliphatic hydroxyl groups excluding tert-OH is 1. The van der Waals surface area contributed by atoms with E-state index in [0.29, 0.717) is 6.54 Å². The van der Waals surface area contributed by atoms with Gasteiger partial charge in [-0.25, -0.2) is 4.98 Å². The number of aromatic nitrogens is 2. The van der Waals surface area contributed by atoms with Gasteiger partial charge in [-0.05, 0) is 42.7 Å². The lowest BCUT2D eigenvalue weighted by molar-refractivity contribution is 0.270. The highest BCUT2D eigenvalue weighted by atomic mass is 35.5. The van der Waals surface area contributed by atoms with Crippen molar-refractivity contribution >= 4 is 23.4 Å². The molecule has 0 saturated heterocycles. The molecule has 0 aliphatic rings. The number of halogens is 1. The average molecular weight is 373 g/mol. The molecule has 25 heavy (non-hydrogen) atoms. The number of aliphatic hydroxyl groups is 1. The number of hydrogen-bond acceptors (Lipinski definition) is 3. The summed E-state index contributed by atoms with van der Waals surface area (Å²) in [5, 5.41) is 11.3. The Morgan fingerprint density at radius 2 is 1.88 bits per heavy atom. The fraction of sp³-hybridized carbons (Fsp3) is 0.250. The summed E-state index contributed by atoms with van der Waals surface area (Å²) in [6, 6.07) is 14.3. The minimum atomic E-state index is -0.0232. The predicted octanol–water partition coefficient (Wildman–Crippen LogP) is 4.99. The van der Waals surface area contributed by atoms with Gasteiger partial charge in [0.2, 0.25) is 0 Å². The van der Waals surface area contributed by atoms with Crippen LogP contribution in [0.25, 0.3) is 0 Å². The number of benzene rings is 2. The number of rotatable bonds is 6. The lowest BCUT2D eigenvalue weighted by atomic mass is 10.1. The van der Waals surface area contributed by atoms with Crippen molar-refractivity contribution in [1.82, 2.24) is 9.55 Å². The topological polar surface area (TPSA) is 38.1 Å². The predicted molar refractivity (Wildman–Crippen MR) is 104 cm³/mol. The molecule has 2 aromatic carbocycles. The Kier molecular flexibility index (Phi) is 5.84. The van der Waals surface area contributed by atoms with E-state index in [4.69, 9.17) is 11.6 Å². The average Bonchev–Trinajstić information content (AvgIpc) is 2.99. The first kappa shape index (κ1) is 18.1. The van der Waals surface area contributed by atoms with E-state index in [-0.39, 0.29) is 6.61 Å². The van der Waals surface area contributed by atoms with Crippen molar-refractivity contribution < 1.29 is 5.11 Å². The molecule has 5 heteroatoms. The second kappa shape index (κ2) is 8.09. The number of nitrogens with zero attached hydrogens (tertiary/aromatic N) is 2. The molecule has 0 aliphatic heterocycles. The first-order chi connectivity index (χ1) is 12.1. The number of thioether (sulfide) groups is 1. The molecular formula is C20H21ClN2OS. The van der Waals surface area contributed by atoms with Gasteiger partial charge in [0, 0.05) is 17.3 Å². The van der Waals surface area contributed by atoms with Crippen molar-refractivity contribution in [2.45, 2.75) is 37.9 Å². The molecule has 3 nitrogen and oxygen atoms in total. The van der Waals surface area contributed by atoms with E-state index in [9.17, 15) is 5.11 Å². The second-order valence-corrected chi connectivity index (χ2v) is 7.50. The molecular weight excluding hydrogens is 352 g/mol. The van der Waals surface area contributed by atoms with Crippen LogP contribution in [-0.4, -0.2) is 14.7 Å². The fourth-order valence-corrected chi connectivity index (χ4v) is 3.86. The lowest BCUT2D eigenvalue weighted by Crippen LogP contribution is -2.06. The third kappa shape index (κ3) is 4.46. The van der Waals surface area contributed by atoms with Gasteiger partial charge >= 0.3 is 0 Å². The normalized spacial score (nSPS) is 11.0. The van der Waals surface area contributed by atoms with E-state index >= 15 is 0 Å². The summed E-state index contributed by atoms with van der Waals surface area (Å²) in [4.78, 5) is 4.51. The third-order valence-corrected chi connectivity index (χ3v) is 5.47. The molecule has 1 aromatic heterocycles. The highest BCUT2D eigenvalue weighted by Crippen LogP contribution is 2.26. The first-order valence-electron chi connectivity index (χ1n) is 8.15. The van der Waals surface area contributed by atoms with Crippen LogP contribution < -0.4 is 0 Å². The van der Waals surface area contributed by atoms with Gasteiger partial charge in [-0.15, -0.1) is 0 Å². The molecule has 0 atom stereocenters. The van der Waals surface area contributed by atoms with Crippen LogP contribution in [0.3, 0.4) is 0 Å². The molecule has 0 saturated carbocycles. The summed E-state index contributed by atoms with van der Waals surface area (Å²) in [6.45, 7) is 4.89. The van der Waals surface area contributed by atoms with Crippen LogP contribution in [0.4, 0.5) is 0 Å². The smallest absolute Gasteiger partial charge is 0.168 e. The van der Waals surface area contributed by atoms with Gasteiger partial charge in [-0.1, -0.05) is 59.3 Å². The summed E-state index contributed by atoms with van der Waals surface area (Å²) in [5.74, 6) is 0.857. The summed E-state index contributed by atoms with van der Waals surface area (Å²) in [7, 11) is 0. The van der Waals surface area contributed by atoms with E-state index in [1.165, 1.54) is 16.7 Å². The summed E-state index contributed by atoms with van der Waals surface area (Å²) < 4.78 is 2.07. The largest absolute Gasteiger partial charge is 0.390 e. The molecule has 1 heterocycles. The minimum Gasteiger partial charge on any atom is -0.390 e. The van der Waals surface area contributed by atoms with Gasteiger partial charge in [-0.2, -0.15) is 0 Å². The van der Waals surface area contributed by atoms with Crippen molar-refractivity contribution in [3.63, 3.8) is 0 Å². The molecule has 0 unspecified atom stereocenters. The van der Waals surface area contributed by atoms with Gasteiger partial charge in [0.15, 0.2) is 5.16 Å². The second-order valence-electron chi connectivity index (χ2n) is 6.12. The Morgan fingerprint density at radius 1 is 1.12 bits per heavy atom. The van der Waals surface area contributed by atoms with Gasteiger partial charge in [-0.3, -0.25) is 0 Å². The molecule has 1 N–H and O–H groups in total. The lowest BCUT2D eigenvalue weighted by Gasteiger charge is -2.12. The first-order valence-corrected chi connectivity index (χ1v) is 9.52. The number of hydrogen-bond donors (Lipinski definition) is 1. The Hall–Kier alpha value is -1.75. The van der Waals surface area contributed by atoms with Crippen LogP contribution in [0.2, 0.25) is 5.02 Å². The summed E-state index contributed by atoms with van der Waals surface area (Å²) >= 11 is 7.66. The monoisotopic (exact) mass is 372 g/mol. The third-order valence-electron chi connectivity index (χ3n) is 4.18. The Labute approximate surface area is 157 Å². The molecule has 0 spiro atoms. The van der Waals surface area contributed by atoms with E-state index < -0.39 is 0 Å². The van der Waals surface area contributed by atoms with Crippen molar-refractivity contribution in [3.8, 4) is 0 Å². The van der Waals surface area contributed by atoms with Crippen molar-refractivity contribution in [1.29, 1.82) is 0 Å². The summed E-state index contributed by atoms with van der Waals surface area (Å²) in [6.07, 6.45) is 1.75. The van der Waals surface area contributed by atoms with Crippen LogP contribution in [0.1, 0.15) is 27.9 Å². The van der Waals surface area contributed by atoms with Gasteiger partial charge < -0.3 is 9.67 Å². The quantitative estimate of drug-likeness (QED) is 0.619. The van der Waals surface area contributed by atoms with E-state index in [1.54, 1.807) is 18.0 Å². The van der Waals surface area contributed by atoms with E-state index in [1.807, 2.05) is 24.3 Å². The molecule has 0 amide bonds. The molecule has 130 valence electrons. The standard InChI is InChI=1S/C20H21ClN2OS/c1-14-3-4-15(2)17(9-14)13-25-20-22-10-19(12-24)23(20)11-16-5-7-18(21)8-6-16/h3-10,24H,11-13H2,1-2H3. The molecule has 0 aliphatic carbocycles. The van der Waals surface area contributed by atoms with Crippen LogP contribution in [-0.2, 0) is 18.9 Å². The Morgan fingerprint density at radius 3 is 2.60 bits per heavy atom. The van der Waals surface area contributed by atoms with Crippen LogP contribution in [0, 0.1) is 13.8 Å². The maximum Gasteiger partial charge on any atom is 0.168 e. The minimum absolute atomic E-state index is 0.0232. The zero-order valence-electron chi connectivity index (χ0n) is 14.4. The van der Waals surface area contributed by atoms with Gasteiger partial charge in [0.25, 0.3) is 0 Å². The highest BCUT2D eigenvalue weighted by molar-refractivity contribution is 7.98. The Bertz CT molecular complexity index is 859. The van der Waals surface area contributed by atoms with Crippen molar-refractivity contribution in [2.75, 3.05) is 0 Å². The molecule has 0 radical (unpaired) electrons. The van der Waals surface area contributed by atoms with E-state index in [2.05, 4.69) is 41.6 Å². The van der Waals surface area contributed by atoms with E-state index in [0.717, 1.165) is 27.2 Å². The van der Waals surface area contributed by atoms with Crippen LogP contribution >= 0.6 is 23.4 Å². The Balaban J connectivity index is 1.80. The fourth-order valence-electron chi connectivity index (χ4n) is 2.67. The van der Waals surface area contributed by atoms with Gasteiger partial charge in [0.1, 0.15) is 0 Å². The van der Waals surface area contributed by atoms with Crippen LogP contribution in [0.15, 0.2) is 53.8 Å². The van der Waals surface area contributed by atoms with Crippen molar-refractivity contribution in [2.24, 2.45) is 0 Å². The van der Waals surface area contributed by atoms with Crippen molar-refractivity contribution in [3.05, 3.63) is 81.6 Å². The SMILES string of the molecule is Cc1ccc(C)c(CSc2ncc(CO)n2Cc2ccc(Cl)cc2)c1. The zero-order valence-corrected chi connectivity index (χ0v) is 15.9. The maximum atomic E-state index is 9.63. The van der Waals surface area contributed by atoms with Crippen LogP contribution in [0.5, 0.6) is 0 Å².